The lowest BCUT2D eigenvalue weighted by molar-refractivity contribution is 0.558. The maximum atomic E-state index is 14.2. The summed E-state index contributed by atoms with van der Waals surface area (Å²) in [5, 5.41) is 56.3. The van der Waals surface area contributed by atoms with E-state index in [4.69, 9.17) is 23.2 Å². The Bertz CT molecular complexity index is 5190. The summed E-state index contributed by atoms with van der Waals surface area (Å²) in [6.45, 7) is 17.6. The molecule has 8 aromatic heterocycles. The molecule has 4 aliphatic carbocycles. The van der Waals surface area contributed by atoms with Gasteiger partial charge in [0.2, 0.25) is 0 Å². The highest BCUT2D eigenvalue weighted by atomic mass is 35.5. The Morgan fingerprint density at radius 2 is 0.714 bits per heavy atom. The third-order valence-corrected chi connectivity index (χ3v) is 19.7. The Kier molecular flexibility index (Phi) is 24.9. The van der Waals surface area contributed by atoms with E-state index in [1.807, 2.05) is 92.6 Å². The summed E-state index contributed by atoms with van der Waals surface area (Å²) >= 11 is 11.7. The van der Waals surface area contributed by atoms with Crippen molar-refractivity contribution < 1.29 is 22.0 Å². The van der Waals surface area contributed by atoms with Gasteiger partial charge in [-0.05, 0) is 140 Å². The molecule has 0 amide bonds. The van der Waals surface area contributed by atoms with Crippen molar-refractivity contribution in [3.63, 3.8) is 0 Å². The fourth-order valence-corrected chi connectivity index (χ4v) is 12.9. The van der Waals surface area contributed by atoms with Crippen LogP contribution in [0.1, 0.15) is 223 Å². The normalized spacial score (nSPS) is 14.6. The van der Waals surface area contributed by atoms with E-state index < -0.39 is 17.2 Å². The average Bonchev–Trinajstić information content (AvgIpc) is 1.49. The van der Waals surface area contributed by atoms with Crippen LogP contribution < -0.4 is 42.5 Å². The van der Waals surface area contributed by atoms with Crippen molar-refractivity contribution >= 4 is 93.0 Å². The molecule has 4 aliphatic rings. The number of hydrogen-bond acceptors (Lipinski definition) is 20. The Labute approximate surface area is 656 Å². The van der Waals surface area contributed by atoms with Gasteiger partial charge in [0.1, 0.15) is 98.9 Å². The van der Waals surface area contributed by atoms with Gasteiger partial charge >= 0.3 is 0 Å². The molecule has 12 aromatic rings. The lowest BCUT2D eigenvalue weighted by atomic mass is 9.94. The lowest BCUT2D eigenvalue weighted by Crippen LogP contribution is -2.28. The quantitative estimate of drug-likeness (QED) is 0.0203. The number of hydrogen-bond donors (Lipinski definition) is 12. The van der Waals surface area contributed by atoms with Crippen LogP contribution in [-0.4, -0.2) is 80.7 Å². The minimum Gasteiger partial charge on any atom is -0.363 e. The smallest absolute Gasteiger partial charge is 0.153 e. The molecule has 584 valence electrons. The van der Waals surface area contributed by atoms with Crippen molar-refractivity contribution in [3.8, 4) is 0 Å². The van der Waals surface area contributed by atoms with E-state index >= 15 is 0 Å². The first-order valence-electron chi connectivity index (χ1n) is 37.9. The van der Waals surface area contributed by atoms with E-state index in [2.05, 4.69) is 123 Å². The molecule has 24 nitrogen and oxygen atoms in total. The van der Waals surface area contributed by atoms with Gasteiger partial charge in [-0.15, -0.1) is 0 Å². The molecule has 3 unspecified atom stereocenters. The van der Waals surface area contributed by atoms with Crippen LogP contribution in [-0.2, 0) is 24.8 Å². The summed E-state index contributed by atoms with van der Waals surface area (Å²) in [6.07, 6.45) is 12.3. The third-order valence-electron chi connectivity index (χ3n) is 19.2. The van der Waals surface area contributed by atoms with Crippen molar-refractivity contribution in [1.29, 1.82) is 0 Å². The van der Waals surface area contributed by atoms with Crippen LogP contribution in [0.25, 0.3) is 0 Å². The molecule has 12 N–H and O–H groups in total. The number of halogens is 7. The number of benzene rings is 4. The Balaban J connectivity index is 0.000000131. The number of nitrogens with one attached hydrogen (secondary N) is 12. The predicted molar refractivity (Wildman–Crippen MR) is 429 cm³/mol. The molecule has 0 aliphatic heterocycles. The van der Waals surface area contributed by atoms with Gasteiger partial charge in [-0.1, -0.05) is 81.2 Å². The van der Waals surface area contributed by atoms with Crippen LogP contribution in [0.2, 0.25) is 10.0 Å². The summed E-state index contributed by atoms with van der Waals surface area (Å²) in [6, 6.07) is 33.9. The zero-order valence-corrected chi connectivity index (χ0v) is 65.2. The molecule has 4 aromatic carbocycles. The van der Waals surface area contributed by atoms with Gasteiger partial charge < -0.3 is 42.5 Å². The molecule has 0 spiro atoms. The topological polar surface area (TPSA) is 314 Å². The summed E-state index contributed by atoms with van der Waals surface area (Å²) < 4.78 is 69.1. The first kappa shape index (κ1) is 78.8. The third kappa shape index (κ3) is 21.6. The van der Waals surface area contributed by atoms with Gasteiger partial charge in [0.15, 0.2) is 23.3 Å². The molecule has 16 rings (SSSR count). The Morgan fingerprint density at radius 1 is 0.384 bits per heavy atom. The predicted octanol–water partition coefficient (Wildman–Crippen LogP) is 20.5. The number of H-pyrrole nitrogens is 4. The van der Waals surface area contributed by atoms with Gasteiger partial charge in [-0.3, -0.25) is 20.4 Å². The molecule has 8 heterocycles. The minimum atomic E-state index is -0.590. The number of rotatable bonds is 28. The van der Waals surface area contributed by atoms with E-state index in [1.54, 1.807) is 54.6 Å². The molecular formula is C81H91Cl2F5N24. The fraction of sp³-hybridized carbons (Fsp3) is 0.358. The highest BCUT2D eigenvalue weighted by molar-refractivity contribution is 6.30. The molecule has 31 heteroatoms. The number of nitrogens with zero attached hydrogens (tertiary/aromatic N) is 12. The van der Waals surface area contributed by atoms with Crippen molar-refractivity contribution in [2.75, 3.05) is 42.5 Å². The molecule has 0 saturated heterocycles. The van der Waals surface area contributed by atoms with E-state index in [0.29, 0.717) is 140 Å². The van der Waals surface area contributed by atoms with Gasteiger partial charge in [-0.25, -0.2) is 61.8 Å². The SMILES string of the molecule is CCc1nc(Nc2cc(C3CC3)[nH]n2)cc(NC(C)(C)c2ccc(F)cc2)n1.CCc1nc(Nc2cc(C3CC3)[nH]n2)cc(NC(C)c2ccc(Cl)cc2F)n1.CCc1nc(Nc2cc(C3CC3)[nH]n2)cc(NC(CC)c2ccc(F)cc2F)n1.Cc1nc(Nc2cc(C3CC3)[nH]n2)cc(NC(C)c2ccc(Cl)cc2F)n1. The number of aromatic nitrogens is 16. The average molecular weight is 1570 g/mol. The van der Waals surface area contributed by atoms with Crippen LogP contribution in [0.4, 0.5) is 91.8 Å². The highest BCUT2D eigenvalue weighted by Crippen LogP contribution is 2.43. The van der Waals surface area contributed by atoms with Crippen LogP contribution in [0.5, 0.6) is 0 Å². The van der Waals surface area contributed by atoms with Crippen molar-refractivity contribution in [1.82, 2.24) is 80.7 Å². The number of anilines is 12. The summed E-state index contributed by atoms with van der Waals surface area (Å²) in [7, 11) is 0. The van der Waals surface area contributed by atoms with Crippen molar-refractivity contribution in [2.45, 2.75) is 187 Å². The zero-order chi connectivity index (χ0) is 78.7. The molecular weight excluding hydrogens is 1470 g/mol. The first-order valence-corrected chi connectivity index (χ1v) is 38.7. The Morgan fingerprint density at radius 3 is 1.09 bits per heavy atom. The molecule has 4 saturated carbocycles. The fourth-order valence-electron chi connectivity index (χ4n) is 12.5. The second-order valence-electron chi connectivity index (χ2n) is 28.9. The molecule has 0 bridgehead atoms. The van der Waals surface area contributed by atoms with E-state index in [-0.39, 0.29) is 35.6 Å². The van der Waals surface area contributed by atoms with Gasteiger partial charge in [-0.2, -0.15) is 20.4 Å². The van der Waals surface area contributed by atoms with Crippen LogP contribution in [0, 0.1) is 36.0 Å². The number of aromatic amines is 4. The van der Waals surface area contributed by atoms with E-state index in [0.717, 1.165) is 58.4 Å². The van der Waals surface area contributed by atoms with Gasteiger partial charge in [0, 0.05) is 147 Å². The maximum absolute atomic E-state index is 14.2. The van der Waals surface area contributed by atoms with E-state index in [1.165, 1.54) is 93.5 Å². The standard InChI is InChI=1S/C21H24F2N6.C21H25FN6.C20H22ClFN6.C19H20ClFN6/c1-3-16(14-8-7-13(22)9-15(14)23)24-19-11-20(26-18(4-2)25-19)27-21-10-17(28-29-21)12-5-6-12;1-4-17-23-18(25-20-11-16(27-28-20)13-5-6-13)12-19(24-17)26-21(2,3)14-7-9-15(22)10-8-14;1-3-17-24-18(23-11(2)14-7-6-13(21)8-15(14)22)10-19(25-17)26-20-9-16(27-28-20)12-4-5-12;1-10(14-6-5-13(20)7-15(14)21)22-17-9-18(24-11(2)23-17)25-19-8-16(26-27-19)12-3-4-12/h7-12,16H,3-6H2,1-2H3,(H3,24,25,26,27,28,29);7-13H,4-6H2,1-3H3,(H3,23,24,25,26,27,28);6-12H,3-5H2,1-2H3,(H3,23,24,25,26,27,28);5-10,12H,3-4H2,1-2H3,(H3,22,23,24,25,26,27). The van der Waals surface area contributed by atoms with Crippen molar-refractivity contribution in [3.05, 3.63) is 235 Å². The van der Waals surface area contributed by atoms with Gasteiger partial charge in [0.05, 0.1) is 23.7 Å². The lowest BCUT2D eigenvalue weighted by Gasteiger charge is -2.28. The second kappa shape index (κ2) is 35.4. The molecule has 112 heavy (non-hydrogen) atoms. The van der Waals surface area contributed by atoms with Crippen LogP contribution in [0.15, 0.2) is 127 Å². The monoisotopic (exact) mass is 1560 g/mol. The molecule has 3 atom stereocenters. The van der Waals surface area contributed by atoms with Crippen LogP contribution >= 0.6 is 23.2 Å². The Hall–Kier alpha value is -11.3. The van der Waals surface area contributed by atoms with Crippen LogP contribution in [0.3, 0.4) is 0 Å². The minimum absolute atomic E-state index is 0.245. The second-order valence-corrected chi connectivity index (χ2v) is 29.8. The number of aryl methyl sites for hydroxylation is 4. The first-order chi connectivity index (χ1) is 54.0. The summed E-state index contributed by atoms with van der Waals surface area (Å²) in [5.41, 5.74) is 6.60. The summed E-state index contributed by atoms with van der Waals surface area (Å²) in [5.74, 6) is 11.0. The van der Waals surface area contributed by atoms with E-state index in [9.17, 15) is 22.0 Å². The highest BCUT2D eigenvalue weighted by Gasteiger charge is 2.30. The zero-order valence-electron chi connectivity index (χ0n) is 63.7. The molecule has 0 radical (unpaired) electrons. The maximum Gasteiger partial charge on any atom is 0.153 e. The largest absolute Gasteiger partial charge is 0.363 e. The van der Waals surface area contributed by atoms with Crippen molar-refractivity contribution in [2.24, 2.45) is 0 Å². The van der Waals surface area contributed by atoms with Gasteiger partial charge in [0.25, 0.3) is 0 Å². The molecule has 4 fully saturated rings. The summed E-state index contributed by atoms with van der Waals surface area (Å²) in [4.78, 5) is 36.0.